The lowest BCUT2D eigenvalue weighted by atomic mass is 9.75. The van der Waals surface area contributed by atoms with E-state index in [0.29, 0.717) is 23.7 Å². The molecule has 0 amide bonds. The number of thiazole rings is 1. The van der Waals surface area contributed by atoms with Crippen molar-refractivity contribution in [2.45, 2.75) is 42.1 Å². The van der Waals surface area contributed by atoms with Crippen LogP contribution in [-0.2, 0) is 6.61 Å². The fourth-order valence-corrected chi connectivity index (χ4v) is 8.66. The largest absolute Gasteiger partial charge is 0.489 e. The van der Waals surface area contributed by atoms with Crippen molar-refractivity contribution in [2.24, 2.45) is 17.8 Å². The van der Waals surface area contributed by atoms with Gasteiger partial charge in [0.2, 0.25) is 0 Å². The molecule has 0 spiro atoms. The first kappa shape index (κ1) is 17.8. The fraction of sp³-hybridized carbons (Fsp3) is 0.375. The van der Waals surface area contributed by atoms with Crippen molar-refractivity contribution in [2.75, 3.05) is 0 Å². The number of fused-ring (bicyclic) bond motifs is 6. The van der Waals surface area contributed by atoms with E-state index in [2.05, 4.69) is 35.3 Å². The predicted octanol–water partition coefficient (Wildman–Crippen LogP) is 5.67. The molecule has 1 N–H and O–H groups in total. The predicted molar refractivity (Wildman–Crippen MR) is 118 cm³/mol. The third-order valence-electron chi connectivity index (χ3n) is 6.93. The summed E-state index contributed by atoms with van der Waals surface area (Å²) in [6, 6.07) is 18.9. The van der Waals surface area contributed by atoms with E-state index < -0.39 is 0 Å². The standard InChI is InChI=1S/C24H23NO2S2/c26-24-25-23-22(29-24)20(19-16-9-10-17(11-16)21(19)28-23)15-7-4-8-18(12-15)27-13-14-5-2-1-3-6-14/h1-8,12,16-17,19-21H,9-11,13H2,(H,25,26)/t16?,17?,19?,20-,21?/m1/s1. The molecule has 5 atom stereocenters. The molecule has 1 aromatic heterocycles. The Kier molecular flexibility index (Phi) is 4.35. The van der Waals surface area contributed by atoms with Crippen LogP contribution in [0.5, 0.6) is 5.75 Å². The zero-order valence-corrected chi connectivity index (χ0v) is 17.7. The van der Waals surface area contributed by atoms with Gasteiger partial charge in [0.1, 0.15) is 12.4 Å². The summed E-state index contributed by atoms with van der Waals surface area (Å²) < 4.78 is 6.12. The summed E-state index contributed by atoms with van der Waals surface area (Å²) in [6.07, 6.45) is 4.07. The Morgan fingerprint density at radius 3 is 2.79 bits per heavy atom. The molecular formula is C24H23NO2S2. The molecular weight excluding hydrogens is 398 g/mol. The van der Waals surface area contributed by atoms with E-state index in [-0.39, 0.29) is 4.87 Å². The molecule has 3 aromatic rings. The van der Waals surface area contributed by atoms with Crippen LogP contribution in [0.15, 0.2) is 64.4 Å². The van der Waals surface area contributed by atoms with Gasteiger partial charge in [0, 0.05) is 16.0 Å². The number of benzene rings is 2. The number of aromatic amines is 1. The molecule has 6 rings (SSSR count). The van der Waals surface area contributed by atoms with Gasteiger partial charge in [-0.2, -0.15) is 0 Å². The van der Waals surface area contributed by atoms with Gasteiger partial charge in [-0.15, -0.1) is 11.8 Å². The van der Waals surface area contributed by atoms with E-state index in [9.17, 15) is 4.79 Å². The third kappa shape index (κ3) is 3.06. The van der Waals surface area contributed by atoms with Crippen LogP contribution < -0.4 is 9.61 Å². The van der Waals surface area contributed by atoms with Crippen molar-refractivity contribution in [3.8, 4) is 5.75 Å². The second-order valence-electron chi connectivity index (χ2n) is 8.53. The van der Waals surface area contributed by atoms with Gasteiger partial charge in [0.05, 0.1) is 5.03 Å². The van der Waals surface area contributed by atoms with Crippen molar-refractivity contribution >= 4 is 23.1 Å². The monoisotopic (exact) mass is 421 g/mol. The summed E-state index contributed by atoms with van der Waals surface area (Å²) in [5.74, 6) is 3.47. The van der Waals surface area contributed by atoms with Crippen molar-refractivity contribution in [1.82, 2.24) is 4.98 Å². The van der Waals surface area contributed by atoms with Crippen molar-refractivity contribution in [1.29, 1.82) is 0 Å². The van der Waals surface area contributed by atoms with Crippen LogP contribution in [0.25, 0.3) is 0 Å². The molecule has 2 heterocycles. The smallest absolute Gasteiger partial charge is 0.305 e. The zero-order valence-electron chi connectivity index (χ0n) is 16.0. The van der Waals surface area contributed by atoms with Gasteiger partial charge in [-0.1, -0.05) is 53.8 Å². The Labute approximate surface area is 178 Å². The highest BCUT2D eigenvalue weighted by Crippen LogP contribution is 2.63. The Bertz CT molecular complexity index is 1090. The second-order valence-corrected chi connectivity index (χ2v) is 10.7. The van der Waals surface area contributed by atoms with Crippen LogP contribution in [-0.4, -0.2) is 10.2 Å². The lowest BCUT2D eigenvalue weighted by molar-refractivity contribution is 0.299. The summed E-state index contributed by atoms with van der Waals surface area (Å²) in [6.45, 7) is 0.574. The molecule has 2 aromatic carbocycles. The number of hydrogen-bond acceptors (Lipinski definition) is 4. The number of aromatic nitrogens is 1. The van der Waals surface area contributed by atoms with E-state index in [1.54, 1.807) is 0 Å². The van der Waals surface area contributed by atoms with Gasteiger partial charge in [-0.3, -0.25) is 4.79 Å². The Balaban J connectivity index is 1.35. The maximum Gasteiger partial charge on any atom is 0.305 e. The summed E-state index contributed by atoms with van der Waals surface area (Å²) in [5.41, 5.74) is 2.47. The van der Waals surface area contributed by atoms with Crippen molar-refractivity contribution < 1.29 is 4.74 Å². The first-order chi connectivity index (χ1) is 14.3. The number of hydrogen-bond donors (Lipinski definition) is 1. The van der Waals surface area contributed by atoms with Gasteiger partial charge in [0.15, 0.2) is 0 Å². The van der Waals surface area contributed by atoms with E-state index in [4.69, 9.17) is 4.74 Å². The summed E-state index contributed by atoms with van der Waals surface area (Å²) in [5, 5.41) is 1.76. The van der Waals surface area contributed by atoms with Crippen LogP contribution in [0.4, 0.5) is 0 Å². The molecule has 2 fully saturated rings. The average Bonchev–Trinajstić information content (AvgIpc) is 3.45. The van der Waals surface area contributed by atoms with Crippen LogP contribution in [0.2, 0.25) is 0 Å². The third-order valence-corrected chi connectivity index (χ3v) is 9.55. The van der Waals surface area contributed by atoms with E-state index in [0.717, 1.165) is 22.6 Å². The average molecular weight is 422 g/mol. The van der Waals surface area contributed by atoms with Crippen molar-refractivity contribution in [3.63, 3.8) is 0 Å². The van der Waals surface area contributed by atoms with Gasteiger partial charge in [-0.25, -0.2) is 0 Å². The minimum atomic E-state index is 0.0799. The fourth-order valence-electron chi connectivity index (χ4n) is 5.76. The molecule has 3 nitrogen and oxygen atoms in total. The minimum Gasteiger partial charge on any atom is -0.489 e. The van der Waals surface area contributed by atoms with E-state index in [1.165, 1.54) is 46.6 Å². The summed E-state index contributed by atoms with van der Waals surface area (Å²) in [4.78, 5) is 16.6. The summed E-state index contributed by atoms with van der Waals surface area (Å²) in [7, 11) is 0. The van der Waals surface area contributed by atoms with Gasteiger partial charge in [0.25, 0.3) is 0 Å². The van der Waals surface area contributed by atoms with Crippen LogP contribution in [0.1, 0.15) is 41.2 Å². The zero-order chi connectivity index (χ0) is 19.4. The van der Waals surface area contributed by atoms with E-state index in [1.807, 2.05) is 36.0 Å². The molecule has 29 heavy (non-hydrogen) atoms. The first-order valence-corrected chi connectivity index (χ1v) is 12.1. The molecule has 3 aliphatic rings. The molecule has 2 saturated carbocycles. The minimum absolute atomic E-state index is 0.0799. The first-order valence-electron chi connectivity index (χ1n) is 10.4. The van der Waals surface area contributed by atoms with Crippen molar-refractivity contribution in [3.05, 3.63) is 80.3 Å². The normalized spacial score (nSPS) is 29.4. The lowest BCUT2D eigenvalue weighted by Gasteiger charge is -2.40. The van der Waals surface area contributed by atoms with Crippen LogP contribution in [0.3, 0.4) is 0 Å². The highest BCUT2D eigenvalue weighted by Gasteiger charge is 2.54. The Morgan fingerprint density at radius 1 is 1.03 bits per heavy atom. The maximum atomic E-state index is 12.2. The maximum absolute atomic E-state index is 12.2. The van der Waals surface area contributed by atoms with Crippen LogP contribution >= 0.6 is 23.1 Å². The SMILES string of the molecule is O=c1[nH]c2c(s1)[C@H](c1cccc(OCc3ccccc3)c1)C1C3CCC(C3)C1S2. The molecule has 2 bridgehead atoms. The molecule has 1 aliphatic heterocycles. The highest BCUT2D eigenvalue weighted by molar-refractivity contribution is 8.00. The number of thioether (sulfide) groups is 1. The number of H-pyrrole nitrogens is 1. The Hall–Kier alpha value is -1.98. The molecule has 2 aliphatic carbocycles. The van der Waals surface area contributed by atoms with Gasteiger partial charge < -0.3 is 9.72 Å². The molecule has 4 unspecified atom stereocenters. The second kappa shape index (κ2) is 7.06. The summed E-state index contributed by atoms with van der Waals surface area (Å²) >= 11 is 3.36. The van der Waals surface area contributed by atoms with Gasteiger partial charge in [-0.05, 0) is 60.3 Å². The number of rotatable bonds is 4. The number of nitrogens with one attached hydrogen (secondary N) is 1. The lowest BCUT2D eigenvalue weighted by Crippen LogP contribution is -2.33. The molecule has 0 radical (unpaired) electrons. The molecule has 0 saturated heterocycles. The van der Waals surface area contributed by atoms with E-state index >= 15 is 0 Å². The van der Waals surface area contributed by atoms with Gasteiger partial charge >= 0.3 is 4.87 Å². The number of ether oxygens (including phenoxy) is 1. The Morgan fingerprint density at radius 2 is 1.90 bits per heavy atom. The molecule has 148 valence electrons. The van der Waals surface area contributed by atoms with Crippen LogP contribution in [0, 0.1) is 17.8 Å². The quantitative estimate of drug-likeness (QED) is 0.590. The topological polar surface area (TPSA) is 42.1 Å². The molecule has 5 heteroatoms. The highest BCUT2D eigenvalue weighted by atomic mass is 32.2.